The van der Waals surface area contributed by atoms with Crippen LogP contribution in [0, 0.1) is 0 Å². The molecule has 0 saturated heterocycles. The van der Waals surface area contributed by atoms with Gasteiger partial charge in [0.1, 0.15) is 5.75 Å². The molecule has 1 atom stereocenters. The molecule has 0 amide bonds. The van der Waals surface area contributed by atoms with Crippen LogP contribution in [0.4, 0.5) is 0 Å². The van der Waals surface area contributed by atoms with Crippen molar-refractivity contribution in [3.8, 4) is 5.75 Å². The van der Waals surface area contributed by atoms with Crippen molar-refractivity contribution < 1.29 is 4.74 Å². The van der Waals surface area contributed by atoms with Crippen molar-refractivity contribution in [3.05, 3.63) is 29.8 Å². The summed E-state index contributed by atoms with van der Waals surface area (Å²) in [6.45, 7) is 1.85. The number of ether oxygens (including phenoxy) is 1. The van der Waals surface area contributed by atoms with Gasteiger partial charge in [0.05, 0.1) is 6.61 Å². The Kier molecular flexibility index (Phi) is 3.49. The van der Waals surface area contributed by atoms with Gasteiger partial charge in [-0.3, -0.25) is 0 Å². The van der Waals surface area contributed by atoms with Gasteiger partial charge in [0, 0.05) is 23.9 Å². The normalized spacial score (nSPS) is 24.8. The first-order valence-electron chi connectivity index (χ1n) is 6.86. The predicted molar refractivity (Wildman–Crippen MR) is 74.6 cm³/mol. The summed E-state index contributed by atoms with van der Waals surface area (Å²) in [4.78, 5) is 0. The van der Waals surface area contributed by atoms with Crippen molar-refractivity contribution in [2.75, 3.05) is 19.0 Å². The fourth-order valence-electron chi connectivity index (χ4n) is 2.93. The molecule has 1 unspecified atom stereocenters. The van der Waals surface area contributed by atoms with Crippen LogP contribution >= 0.6 is 11.6 Å². The van der Waals surface area contributed by atoms with E-state index in [-0.39, 0.29) is 5.54 Å². The maximum absolute atomic E-state index is 6.09. The highest BCUT2D eigenvalue weighted by molar-refractivity contribution is 6.18. The molecule has 98 valence electrons. The summed E-state index contributed by atoms with van der Waals surface area (Å²) >= 11 is 6.09. The van der Waals surface area contributed by atoms with Gasteiger partial charge in [-0.25, -0.2) is 0 Å². The second kappa shape index (κ2) is 5.10. The van der Waals surface area contributed by atoms with Crippen molar-refractivity contribution >= 4 is 11.6 Å². The standard InChI is InChI=1S/C15H20ClNO/c16-11-15(7-3-8-15)17-10-12-6-9-18-14-5-2-1-4-13(12)14/h1-2,4-5,12,17H,3,6-11H2. The Labute approximate surface area is 114 Å². The fraction of sp³-hybridized carbons (Fsp3) is 0.600. The minimum absolute atomic E-state index is 0.217. The number of hydrogen-bond acceptors (Lipinski definition) is 2. The third-order valence-corrected chi connectivity index (χ3v) is 4.88. The van der Waals surface area contributed by atoms with Crippen LogP contribution in [-0.2, 0) is 0 Å². The molecule has 1 N–H and O–H groups in total. The van der Waals surface area contributed by atoms with E-state index in [0.29, 0.717) is 5.92 Å². The Morgan fingerprint density at radius 2 is 2.17 bits per heavy atom. The van der Waals surface area contributed by atoms with Crippen LogP contribution in [0.3, 0.4) is 0 Å². The second-order valence-corrected chi connectivity index (χ2v) is 5.79. The van der Waals surface area contributed by atoms with E-state index >= 15 is 0 Å². The minimum Gasteiger partial charge on any atom is -0.493 e. The zero-order chi connectivity index (χ0) is 12.4. The molecule has 0 bridgehead atoms. The van der Waals surface area contributed by atoms with Gasteiger partial charge in [-0.2, -0.15) is 0 Å². The number of alkyl halides is 1. The number of hydrogen-bond donors (Lipinski definition) is 1. The van der Waals surface area contributed by atoms with Crippen molar-refractivity contribution in [3.63, 3.8) is 0 Å². The lowest BCUT2D eigenvalue weighted by molar-refractivity contribution is 0.197. The molecule has 1 heterocycles. The Hall–Kier alpha value is -0.730. The zero-order valence-electron chi connectivity index (χ0n) is 10.6. The highest BCUT2D eigenvalue weighted by Crippen LogP contribution is 2.36. The van der Waals surface area contributed by atoms with Crippen LogP contribution in [0.5, 0.6) is 5.75 Å². The fourth-order valence-corrected chi connectivity index (χ4v) is 3.29. The van der Waals surface area contributed by atoms with Gasteiger partial charge in [0.2, 0.25) is 0 Å². The molecule has 1 aliphatic carbocycles. The molecule has 2 nitrogen and oxygen atoms in total. The Morgan fingerprint density at radius 3 is 2.89 bits per heavy atom. The third-order valence-electron chi connectivity index (χ3n) is 4.37. The smallest absolute Gasteiger partial charge is 0.122 e. The molecular weight excluding hydrogens is 246 g/mol. The molecular formula is C15H20ClNO. The van der Waals surface area contributed by atoms with Gasteiger partial charge in [0.15, 0.2) is 0 Å². The number of nitrogens with one attached hydrogen (secondary N) is 1. The SMILES string of the molecule is ClCC1(NCC2CCOc3ccccc32)CCC1. The minimum atomic E-state index is 0.217. The lowest BCUT2D eigenvalue weighted by atomic mass is 9.77. The topological polar surface area (TPSA) is 21.3 Å². The average Bonchev–Trinajstić information content (AvgIpc) is 2.38. The zero-order valence-corrected chi connectivity index (χ0v) is 11.4. The third kappa shape index (κ3) is 2.24. The molecule has 18 heavy (non-hydrogen) atoms. The van der Waals surface area contributed by atoms with Gasteiger partial charge in [0.25, 0.3) is 0 Å². The van der Waals surface area contributed by atoms with Crippen LogP contribution in [0.1, 0.15) is 37.2 Å². The number of para-hydroxylation sites is 1. The summed E-state index contributed by atoms with van der Waals surface area (Å²) in [6.07, 6.45) is 4.86. The highest BCUT2D eigenvalue weighted by atomic mass is 35.5. The quantitative estimate of drug-likeness (QED) is 0.844. The van der Waals surface area contributed by atoms with Gasteiger partial charge in [-0.1, -0.05) is 18.2 Å². The number of rotatable bonds is 4. The molecule has 1 aromatic rings. The van der Waals surface area contributed by atoms with Crippen LogP contribution in [0.25, 0.3) is 0 Å². The van der Waals surface area contributed by atoms with Gasteiger partial charge in [-0.05, 0) is 37.3 Å². The molecule has 1 aliphatic heterocycles. The Morgan fingerprint density at radius 1 is 1.33 bits per heavy atom. The Bertz CT molecular complexity index is 411. The molecule has 1 aromatic carbocycles. The largest absolute Gasteiger partial charge is 0.493 e. The average molecular weight is 266 g/mol. The van der Waals surface area contributed by atoms with E-state index in [1.807, 2.05) is 6.07 Å². The van der Waals surface area contributed by atoms with Crippen molar-refractivity contribution in [2.24, 2.45) is 0 Å². The van der Waals surface area contributed by atoms with E-state index in [0.717, 1.165) is 31.2 Å². The molecule has 3 heteroatoms. The van der Waals surface area contributed by atoms with E-state index in [4.69, 9.17) is 16.3 Å². The van der Waals surface area contributed by atoms with Gasteiger partial charge >= 0.3 is 0 Å². The van der Waals surface area contributed by atoms with Crippen molar-refractivity contribution in [2.45, 2.75) is 37.1 Å². The maximum Gasteiger partial charge on any atom is 0.122 e. The first-order chi connectivity index (χ1) is 8.83. The summed E-state index contributed by atoms with van der Waals surface area (Å²) < 4.78 is 5.70. The highest BCUT2D eigenvalue weighted by Gasteiger charge is 2.36. The van der Waals surface area contributed by atoms with E-state index in [9.17, 15) is 0 Å². The predicted octanol–water partition coefficient (Wildman–Crippen LogP) is 3.30. The lowest BCUT2D eigenvalue weighted by Crippen LogP contribution is -2.53. The molecule has 1 fully saturated rings. The molecule has 1 saturated carbocycles. The van der Waals surface area contributed by atoms with Crippen molar-refractivity contribution in [1.29, 1.82) is 0 Å². The van der Waals surface area contributed by atoms with Crippen LogP contribution in [-0.4, -0.2) is 24.6 Å². The number of fused-ring (bicyclic) bond motifs is 1. The Balaban J connectivity index is 1.67. The van der Waals surface area contributed by atoms with E-state index < -0.39 is 0 Å². The summed E-state index contributed by atoms with van der Waals surface area (Å²) in [7, 11) is 0. The monoisotopic (exact) mass is 265 g/mol. The first kappa shape index (κ1) is 12.3. The number of benzene rings is 1. The van der Waals surface area contributed by atoms with Crippen molar-refractivity contribution in [1.82, 2.24) is 5.32 Å². The number of halogens is 1. The summed E-state index contributed by atoms with van der Waals surface area (Å²) in [5.74, 6) is 2.36. The van der Waals surface area contributed by atoms with Gasteiger partial charge < -0.3 is 10.1 Å². The van der Waals surface area contributed by atoms with E-state index in [2.05, 4.69) is 23.5 Å². The first-order valence-corrected chi connectivity index (χ1v) is 7.39. The second-order valence-electron chi connectivity index (χ2n) is 5.52. The van der Waals surface area contributed by atoms with E-state index in [1.165, 1.54) is 24.8 Å². The summed E-state index contributed by atoms with van der Waals surface area (Å²) in [5, 5.41) is 3.71. The maximum atomic E-state index is 6.09. The van der Waals surface area contributed by atoms with Gasteiger partial charge in [-0.15, -0.1) is 11.6 Å². The van der Waals surface area contributed by atoms with E-state index in [1.54, 1.807) is 0 Å². The lowest BCUT2D eigenvalue weighted by Gasteiger charge is -2.42. The molecule has 0 spiro atoms. The summed E-state index contributed by atoms with van der Waals surface area (Å²) in [5.41, 5.74) is 1.56. The van der Waals surface area contributed by atoms with Crippen LogP contribution in [0.2, 0.25) is 0 Å². The van der Waals surface area contributed by atoms with Crippen LogP contribution in [0.15, 0.2) is 24.3 Å². The van der Waals surface area contributed by atoms with Crippen LogP contribution < -0.4 is 10.1 Å². The molecule has 0 aromatic heterocycles. The molecule has 3 rings (SSSR count). The summed E-state index contributed by atoms with van der Waals surface area (Å²) in [6, 6.07) is 8.40. The molecule has 2 aliphatic rings. The molecule has 0 radical (unpaired) electrons.